The summed E-state index contributed by atoms with van der Waals surface area (Å²) in [4.78, 5) is 21.5. The monoisotopic (exact) mass is 210 g/mol. The van der Waals surface area contributed by atoms with Crippen molar-refractivity contribution >= 4 is 29.2 Å². The second-order valence-electron chi connectivity index (χ2n) is 2.35. The lowest BCUT2D eigenvalue weighted by Gasteiger charge is -2.21. The summed E-state index contributed by atoms with van der Waals surface area (Å²) >= 11 is 0. The average Bonchev–Trinajstić information content (AvgIpc) is 1.85. The maximum atomic E-state index is 11.0. The Labute approximate surface area is 74.6 Å². The molecule has 0 aliphatic rings. The van der Waals surface area contributed by atoms with Gasteiger partial charge in [-0.2, -0.15) is 0 Å². The molecule has 0 heterocycles. The zero-order chi connectivity index (χ0) is 9.78. The largest absolute Gasteiger partial charge is 0.363 e. The summed E-state index contributed by atoms with van der Waals surface area (Å²) in [7, 11) is 2.41. The van der Waals surface area contributed by atoms with Crippen molar-refractivity contribution in [3.05, 3.63) is 0 Å². The van der Waals surface area contributed by atoms with Crippen LogP contribution < -0.4 is 10.4 Å². The lowest BCUT2D eigenvalue weighted by atomic mass is 10.2. The summed E-state index contributed by atoms with van der Waals surface area (Å²) < 4.78 is 0. The van der Waals surface area contributed by atoms with Crippen LogP contribution >= 0.6 is 17.3 Å². The van der Waals surface area contributed by atoms with Crippen LogP contribution in [0.25, 0.3) is 0 Å². The summed E-state index contributed by atoms with van der Waals surface area (Å²) in [5.41, 5.74) is -1.82. The van der Waals surface area contributed by atoms with Crippen LogP contribution in [0.15, 0.2) is 0 Å². The van der Waals surface area contributed by atoms with Crippen molar-refractivity contribution in [1.29, 1.82) is 0 Å². The number of hydrogen-bond donors (Lipinski definition) is 3. The molecule has 12 heavy (non-hydrogen) atoms. The first-order valence-electron chi connectivity index (χ1n) is 3.17. The summed E-state index contributed by atoms with van der Waals surface area (Å²) in [5, 5.41) is 13.8. The van der Waals surface area contributed by atoms with E-state index in [1.54, 1.807) is 0 Å². The predicted octanol–water partition coefficient (Wildman–Crippen LogP) is -0.669. The minimum absolute atomic E-state index is 0.114. The fraction of sp³-hybridized carbons (Fsp3) is 0.600. The maximum absolute atomic E-state index is 11.0. The third-order valence-corrected chi connectivity index (χ3v) is 1.85. The van der Waals surface area contributed by atoms with Crippen LogP contribution in [-0.2, 0) is 9.59 Å². The van der Waals surface area contributed by atoms with Crippen LogP contribution in [0.3, 0.4) is 0 Å². The van der Waals surface area contributed by atoms with Crippen molar-refractivity contribution in [1.82, 2.24) is 10.4 Å². The lowest BCUT2D eigenvalue weighted by molar-refractivity contribution is -0.144. The molecule has 0 aromatic heterocycles. The first kappa shape index (κ1) is 11.8. The second-order valence-corrected chi connectivity index (χ2v) is 3.76. The fourth-order valence-electron chi connectivity index (χ4n) is 0.587. The van der Waals surface area contributed by atoms with Gasteiger partial charge >= 0.3 is 0 Å². The number of rotatable bonds is 3. The molecule has 0 aliphatic heterocycles. The average molecular weight is 210 g/mol. The molecule has 0 rings (SSSR count). The van der Waals surface area contributed by atoms with E-state index in [9.17, 15) is 14.7 Å². The molecule has 0 bridgehead atoms. The van der Waals surface area contributed by atoms with Crippen LogP contribution in [0.2, 0.25) is 0 Å². The number of carbonyl (C=O) groups excluding carboxylic acids is 2. The summed E-state index contributed by atoms with van der Waals surface area (Å²) in [6, 6.07) is 0. The molecule has 0 saturated heterocycles. The van der Waals surface area contributed by atoms with Crippen LogP contribution in [0.4, 0.5) is 0 Å². The van der Waals surface area contributed by atoms with Gasteiger partial charge in [-0.15, -0.1) is 0 Å². The van der Waals surface area contributed by atoms with E-state index < -0.39 is 17.5 Å². The fourth-order valence-corrected chi connectivity index (χ4v) is 1.35. The normalized spacial score (nSPS) is 15.7. The van der Waals surface area contributed by atoms with E-state index in [0.717, 1.165) is 0 Å². The van der Waals surface area contributed by atoms with Crippen LogP contribution in [-0.4, -0.2) is 22.6 Å². The van der Waals surface area contributed by atoms with E-state index in [4.69, 9.17) is 0 Å². The molecule has 0 saturated carbocycles. The van der Waals surface area contributed by atoms with E-state index in [1.807, 2.05) is 0 Å². The molecule has 2 amide bonds. The number of hydrogen-bond acceptors (Lipinski definition) is 3. The molecule has 70 valence electrons. The van der Waals surface area contributed by atoms with Crippen LogP contribution in [0.5, 0.6) is 0 Å². The van der Waals surface area contributed by atoms with E-state index >= 15 is 0 Å². The van der Waals surface area contributed by atoms with Gasteiger partial charge in [0.05, 0.1) is 0 Å². The highest BCUT2D eigenvalue weighted by Crippen LogP contribution is 2.14. The van der Waals surface area contributed by atoms with Crippen molar-refractivity contribution in [2.24, 2.45) is 0 Å². The maximum Gasteiger partial charge on any atom is 0.276 e. The van der Waals surface area contributed by atoms with E-state index in [0.29, 0.717) is 0 Å². The standard InChI is InChI=1S/C5H12N2O3P2/c1-3(8)6-5(2,10)4(9)7-12-11/h10,12H,11H2,1-2H3,(H,6,8)(H,7,9). The number of amides is 2. The second kappa shape index (κ2) is 4.70. The molecule has 7 heteroatoms. The number of carbonyl (C=O) groups is 2. The van der Waals surface area contributed by atoms with E-state index in [2.05, 4.69) is 19.3 Å². The van der Waals surface area contributed by atoms with Crippen LogP contribution in [0.1, 0.15) is 13.8 Å². The van der Waals surface area contributed by atoms with Crippen molar-refractivity contribution in [2.75, 3.05) is 0 Å². The molecule has 3 atom stereocenters. The third-order valence-electron chi connectivity index (χ3n) is 1.05. The molecule has 0 aromatic carbocycles. The Kier molecular flexibility index (Phi) is 4.61. The van der Waals surface area contributed by atoms with Gasteiger partial charge in [0.2, 0.25) is 11.6 Å². The highest BCUT2D eigenvalue weighted by Gasteiger charge is 2.30. The molecule has 0 aliphatic carbocycles. The highest BCUT2D eigenvalue weighted by molar-refractivity contribution is 8.02. The minimum atomic E-state index is -1.82. The number of nitrogens with one attached hydrogen (secondary N) is 2. The smallest absolute Gasteiger partial charge is 0.276 e. The summed E-state index contributed by atoms with van der Waals surface area (Å²) in [6.07, 6.45) is 0. The molecular weight excluding hydrogens is 198 g/mol. The Bertz CT molecular complexity index is 195. The molecule has 3 unspecified atom stereocenters. The molecule has 0 fully saturated rings. The Morgan fingerprint density at radius 1 is 1.58 bits per heavy atom. The molecule has 0 radical (unpaired) electrons. The Morgan fingerprint density at radius 3 is 2.42 bits per heavy atom. The number of aliphatic hydroxyl groups is 1. The Morgan fingerprint density at radius 2 is 2.08 bits per heavy atom. The van der Waals surface area contributed by atoms with Crippen molar-refractivity contribution < 1.29 is 14.7 Å². The minimum Gasteiger partial charge on any atom is -0.363 e. The van der Waals surface area contributed by atoms with Crippen molar-refractivity contribution in [3.8, 4) is 0 Å². The zero-order valence-corrected chi connectivity index (χ0v) is 9.00. The highest BCUT2D eigenvalue weighted by atomic mass is 32.0. The third kappa shape index (κ3) is 3.96. The van der Waals surface area contributed by atoms with Crippen LogP contribution in [0, 0.1) is 0 Å². The van der Waals surface area contributed by atoms with Gasteiger partial charge in [0, 0.05) is 6.92 Å². The van der Waals surface area contributed by atoms with Gasteiger partial charge in [0.25, 0.3) is 5.91 Å². The quantitative estimate of drug-likeness (QED) is 0.427. The topological polar surface area (TPSA) is 78.4 Å². The molecular formula is C5H12N2O3P2. The van der Waals surface area contributed by atoms with Gasteiger partial charge < -0.3 is 15.5 Å². The molecule has 5 nitrogen and oxygen atoms in total. The Balaban J connectivity index is 4.18. The zero-order valence-electron chi connectivity index (χ0n) is 6.84. The molecule has 3 N–H and O–H groups in total. The van der Waals surface area contributed by atoms with Gasteiger partial charge in [0.1, 0.15) is 0 Å². The van der Waals surface area contributed by atoms with Gasteiger partial charge in [-0.05, 0) is 15.3 Å². The predicted molar refractivity (Wildman–Crippen MR) is 50.6 cm³/mol. The Hall–Kier alpha value is -0.240. The van der Waals surface area contributed by atoms with Gasteiger partial charge in [-0.1, -0.05) is 8.93 Å². The van der Waals surface area contributed by atoms with E-state index in [1.165, 1.54) is 13.8 Å². The summed E-state index contributed by atoms with van der Waals surface area (Å²) in [5.74, 6) is -1.08. The van der Waals surface area contributed by atoms with Crippen molar-refractivity contribution in [2.45, 2.75) is 19.6 Å². The van der Waals surface area contributed by atoms with E-state index in [-0.39, 0.29) is 8.42 Å². The summed E-state index contributed by atoms with van der Waals surface area (Å²) in [6.45, 7) is 2.44. The van der Waals surface area contributed by atoms with Gasteiger partial charge in [-0.25, -0.2) is 0 Å². The molecule has 0 spiro atoms. The van der Waals surface area contributed by atoms with Gasteiger partial charge in [-0.3, -0.25) is 9.59 Å². The lowest BCUT2D eigenvalue weighted by Crippen LogP contribution is -2.54. The first-order chi connectivity index (χ1) is 5.40. The van der Waals surface area contributed by atoms with Gasteiger partial charge in [0.15, 0.2) is 0 Å². The van der Waals surface area contributed by atoms with Crippen molar-refractivity contribution in [3.63, 3.8) is 0 Å². The first-order valence-corrected chi connectivity index (χ1v) is 5.98. The molecule has 0 aromatic rings. The SMILES string of the molecule is CC(=O)NC(C)(O)C(=O)NPP.